The first-order valence-electron chi connectivity index (χ1n) is 14.2. The number of imidazole rings is 1. The van der Waals surface area contributed by atoms with Crippen LogP contribution in [-0.4, -0.2) is 81.2 Å². The van der Waals surface area contributed by atoms with E-state index in [1.807, 2.05) is 30.3 Å². The number of esters is 4. The minimum atomic E-state index is -1.35. The van der Waals surface area contributed by atoms with E-state index in [9.17, 15) is 24.3 Å². The second kappa shape index (κ2) is 14.0. The fourth-order valence-corrected chi connectivity index (χ4v) is 6.28. The lowest BCUT2D eigenvalue weighted by Gasteiger charge is -2.44. The molecule has 2 aromatic carbocycles. The van der Waals surface area contributed by atoms with E-state index in [0.29, 0.717) is 5.69 Å². The van der Waals surface area contributed by atoms with E-state index < -0.39 is 53.7 Å². The van der Waals surface area contributed by atoms with E-state index >= 15 is 0 Å². The number of thioether (sulfide) groups is 1. The van der Waals surface area contributed by atoms with E-state index in [1.165, 1.54) is 18.4 Å². The first-order chi connectivity index (χ1) is 22.0. The molecule has 0 radical (unpaired) electrons. The highest BCUT2D eigenvalue weighted by Gasteiger charge is 2.53. The number of nitrogens with zero attached hydrogens (tertiary/aromatic N) is 3. The van der Waals surface area contributed by atoms with Crippen molar-refractivity contribution < 1.29 is 48.0 Å². The van der Waals surface area contributed by atoms with Crippen LogP contribution >= 0.6 is 11.8 Å². The smallest absolute Gasteiger partial charge is 0.303 e. The molecule has 0 unspecified atom stereocenters. The summed E-state index contributed by atoms with van der Waals surface area (Å²) in [4.78, 5) is 57.5. The lowest BCUT2D eigenvalue weighted by Crippen LogP contribution is -2.61. The van der Waals surface area contributed by atoms with Gasteiger partial charge in [0.1, 0.15) is 18.4 Å². The highest BCUT2D eigenvalue weighted by atomic mass is 32.2. The minimum absolute atomic E-state index is 0.190. The Bertz CT molecular complexity index is 1700. The number of allylic oxidation sites excluding steroid dienone is 1. The predicted molar refractivity (Wildman–Crippen MR) is 166 cm³/mol. The van der Waals surface area contributed by atoms with Crippen molar-refractivity contribution in [2.24, 2.45) is 4.99 Å². The maximum absolute atomic E-state index is 12.3. The molecular weight excluding hydrogens is 618 g/mol. The second-order valence-corrected chi connectivity index (χ2v) is 11.4. The van der Waals surface area contributed by atoms with E-state index in [2.05, 4.69) is 4.99 Å². The van der Waals surface area contributed by atoms with Gasteiger partial charge >= 0.3 is 23.9 Å². The molecular formula is C32H31N3O10S. The van der Waals surface area contributed by atoms with Crippen LogP contribution in [0.3, 0.4) is 0 Å². The second-order valence-electron chi connectivity index (χ2n) is 10.3. The number of fused-ring (bicyclic) bond motifs is 1. The standard InChI is InChI=1S/C32H31N3O10S/c1-17(36)41-16-26-27(42-18(2)37)28(43-19(3)38)29(44-20(4)39)31(45-26)46-32-34-25(30(40)35(32)22-10-6-5-7-11-22)14-21-15-33-24-13-9-8-12-23(21)24/h5-15,26-29,31,40H,16H2,1-4H3/b21-14+/t26-,27+,28+,29-,31+/m1/s1. The van der Waals surface area contributed by atoms with E-state index in [-0.39, 0.29) is 23.3 Å². The zero-order valence-electron chi connectivity index (χ0n) is 25.3. The Morgan fingerprint density at radius 3 is 2.17 bits per heavy atom. The van der Waals surface area contributed by atoms with Gasteiger partial charge in [-0.25, -0.2) is 4.98 Å². The maximum atomic E-state index is 12.3. The van der Waals surface area contributed by atoms with E-state index in [1.54, 1.807) is 36.6 Å². The molecule has 2 aliphatic rings. The summed E-state index contributed by atoms with van der Waals surface area (Å²) in [5, 5.41) is 11.7. The zero-order chi connectivity index (χ0) is 33.0. The molecule has 240 valence electrons. The molecule has 0 saturated carbocycles. The van der Waals surface area contributed by atoms with Crippen molar-refractivity contribution >= 4 is 59.2 Å². The van der Waals surface area contributed by atoms with Crippen molar-refractivity contribution in [2.45, 2.75) is 62.7 Å². The number of carbonyl (C=O) groups excluding carboxylic acids is 4. The highest BCUT2D eigenvalue weighted by Crippen LogP contribution is 2.41. The number of rotatable bonds is 9. The van der Waals surface area contributed by atoms with Crippen LogP contribution in [0.5, 0.6) is 5.88 Å². The van der Waals surface area contributed by atoms with Gasteiger partial charge in [-0.15, -0.1) is 0 Å². The molecule has 5 rings (SSSR count). The number of aromatic hydroxyl groups is 1. The molecule has 2 aliphatic heterocycles. The number of ether oxygens (including phenoxy) is 5. The van der Waals surface area contributed by atoms with Crippen molar-refractivity contribution in [2.75, 3.05) is 6.61 Å². The number of carbonyl (C=O) groups is 4. The molecule has 0 spiro atoms. The Kier molecular flexibility index (Phi) is 9.87. The van der Waals surface area contributed by atoms with Crippen LogP contribution in [-0.2, 0) is 42.9 Å². The van der Waals surface area contributed by atoms with Crippen LogP contribution in [0.15, 0.2) is 64.7 Å². The predicted octanol–water partition coefficient (Wildman–Crippen LogP) is 4.01. The van der Waals surface area contributed by atoms with Crippen LogP contribution in [0.25, 0.3) is 17.3 Å². The molecule has 5 atom stereocenters. The third-order valence-electron chi connectivity index (χ3n) is 6.88. The molecule has 14 heteroatoms. The monoisotopic (exact) mass is 649 g/mol. The quantitative estimate of drug-likeness (QED) is 0.262. The number of hydrogen-bond donors (Lipinski definition) is 1. The van der Waals surface area contributed by atoms with Gasteiger partial charge in [-0.2, -0.15) is 0 Å². The Hall–Kier alpha value is -4.95. The summed E-state index contributed by atoms with van der Waals surface area (Å²) in [6.45, 7) is 4.30. The lowest BCUT2D eigenvalue weighted by molar-refractivity contribution is -0.237. The largest absolute Gasteiger partial charge is 0.493 e. The average molecular weight is 650 g/mol. The van der Waals surface area contributed by atoms with Crippen LogP contribution in [0.1, 0.15) is 39.0 Å². The molecule has 46 heavy (non-hydrogen) atoms. The third kappa shape index (κ3) is 7.29. The first kappa shape index (κ1) is 32.4. The summed E-state index contributed by atoms with van der Waals surface area (Å²) in [6, 6.07) is 16.5. The summed E-state index contributed by atoms with van der Waals surface area (Å²) in [6.07, 6.45) is -1.73. The van der Waals surface area contributed by atoms with Crippen LogP contribution in [0.2, 0.25) is 0 Å². The Labute approximate surface area is 268 Å². The Morgan fingerprint density at radius 1 is 0.870 bits per heavy atom. The number of para-hydroxylation sites is 2. The van der Waals surface area contributed by atoms with Crippen LogP contribution in [0.4, 0.5) is 5.69 Å². The molecule has 1 saturated heterocycles. The topological polar surface area (TPSA) is 165 Å². The van der Waals surface area contributed by atoms with Gasteiger partial charge in [-0.05, 0) is 24.3 Å². The minimum Gasteiger partial charge on any atom is -0.493 e. The van der Waals surface area contributed by atoms with Gasteiger partial charge in [0.15, 0.2) is 28.9 Å². The fraction of sp³-hybridized carbons (Fsp3) is 0.312. The van der Waals surface area contributed by atoms with Gasteiger partial charge in [0, 0.05) is 45.0 Å². The van der Waals surface area contributed by atoms with Crippen LogP contribution in [0, 0.1) is 0 Å². The average Bonchev–Trinajstić information content (AvgIpc) is 3.55. The van der Waals surface area contributed by atoms with Gasteiger partial charge < -0.3 is 28.8 Å². The highest BCUT2D eigenvalue weighted by molar-refractivity contribution is 7.99. The van der Waals surface area contributed by atoms with E-state index in [4.69, 9.17) is 28.7 Å². The van der Waals surface area contributed by atoms with Crippen molar-refractivity contribution in [3.05, 3.63) is 65.9 Å². The normalized spacial score (nSPS) is 22.6. The molecule has 3 heterocycles. The molecule has 13 nitrogen and oxygen atoms in total. The van der Waals surface area contributed by atoms with E-state index in [0.717, 1.165) is 42.4 Å². The lowest BCUT2D eigenvalue weighted by atomic mass is 9.99. The Morgan fingerprint density at radius 2 is 1.50 bits per heavy atom. The Balaban J connectivity index is 1.60. The summed E-state index contributed by atoms with van der Waals surface area (Å²) in [5.41, 5.74) is 2.00. The number of benzene rings is 2. The van der Waals surface area contributed by atoms with Gasteiger partial charge in [0.25, 0.3) is 0 Å². The molecule has 1 fully saturated rings. The summed E-state index contributed by atoms with van der Waals surface area (Å²) in [7, 11) is 0. The summed E-state index contributed by atoms with van der Waals surface area (Å²) >= 11 is 0.962. The van der Waals surface area contributed by atoms with Gasteiger partial charge in [-0.1, -0.05) is 48.2 Å². The SMILES string of the molecule is CC(=O)OC[C@H]1O[C@@H](Sc2nc(/C=C3\C=Nc4ccccc43)c(O)n2-c2ccccc2)[C@H](OC(C)=O)[C@@H](OC(C)=O)[C@H]1OC(C)=O. The van der Waals surface area contributed by atoms with Crippen molar-refractivity contribution in [3.8, 4) is 11.6 Å². The zero-order valence-corrected chi connectivity index (χ0v) is 26.1. The van der Waals surface area contributed by atoms with Crippen molar-refractivity contribution in [1.29, 1.82) is 0 Å². The van der Waals surface area contributed by atoms with Gasteiger partial charge in [0.2, 0.25) is 5.88 Å². The first-order valence-corrected chi connectivity index (χ1v) is 15.1. The number of hydrogen-bond acceptors (Lipinski definition) is 13. The number of aliphatic imine (C=N–C) groups is 1. The van der Waals surface area contributed by atoms with Crippen molar-refractivity contribution in [3.63, 3.8) is 0 Å². The summed E-state index contributed by atoms with van der Waals surface area (Å²) in [5.74, 6) is -3.02. The maximum Gasteiger partial charge on any atom is 0.303 e. The molecule has 1 N–H and O–H groups in total. The molecule has 3 aromatic rings. The number of aromatic nitrogens is 2. The molecule has 0 aliphatic carbocycles. The third-order valence-corrected chi connectivity index (χ3v) is 7.98. The molecule has 1 aromatic heterocycles. The van der Waals surface area contributed by atoms with Crippen molar-refractivity contribution in [1.82, 2.24) is 9.55 Å². The van der Waals surface area contributed by atoms with Gasteiger partial charge in [-0.3, -0.25) is 28.7 Å². The summed E-state index contributed by atoms with van der Waals surface area (Å²) < 4.78 is 29.6. The molecule has 0 amide bonds. The van der Waals surface area contributed by atoms with Crippen LogP contribution < -0.4 is 0 Å². The fourth-order valence-electron chi connectivity index (χ4n) is 5.08. The molecule has 0 bridgehead atoms. The van der Waals surface area contributed by atoms with Gasteiger partial charge in [0.05, 0.1) is 11.4 Å².